The largest absolute Gasteiger partial charge is 0.343 e. The number of nitrogens with one attached hydrogen (secondary N) is 2. The summed E-state index contributed by atoms with van der Waals surface area (Å²) >= 11 is 1.26. The minimum Gasteiger partial charge on any atom is -0.343 e. The van der Waals surface area contributed by atoms with Gasteiger partial charge in [0.15, 0.2) is 0 Å². The molecular formula is C20H15FN2O3S. The molecule has 3 aromatic rings. The number of rotatable bonds is 5. The van der Waals surface area contributed by atoms with Gasteiger partial charge < -0.3 is 10.6 Å². The van der Waals surface area contributed by atoms with Gasteiger partial charge in [-0.05, 0) is 36.4 Å². The van der Waals surface area contributed by atoms with E-state index in [4.69, 9.17) is 0 Å². The lowest BCUT2D eigenvalue weighted by molar-refractivity contribution is -0.136. The van der Waals surface area contributed by atoms with Crippen molar-refractivity contribution in [2.24, 2.45) is 0 Å². The number of amides is 2. The number of carbonyl (C=O) groups is 3. The van der Waals surface area contributed by atoms with E-state index in [0.717, 1.165) is 4.88 Å². The van der Waals surface area contributed by atoms with Gasteiger partial charge in [0, 0.05) is 16.1 Å². The summed E-state index contributed by atoms with van der Waals surface area (Å²) in [4.78, 5) is 37.4. The summed E-state index contributed by atoms with van der Waals surface area (Å²) < 4.78 is 12.8. The standard InChI is InChI=1S/C20H15FN2O3S/c21-14-6-8-15(9-7-14)23-20(26)19(25)22-12-16-10-11-17(27-16)18(24)13-4-2-1-3-5-13/h1-11H,12H2,(H,22,25)(H,23,26). The molecule has 3 rings (SSSR count). The van der Waals surface area contributed by atoms with Gasteiger partial charge in [0.2, 0.25) is 5.78 Å². The van der Waals surface area contributed by atoms with Crippen LogP contribution in [-0.4, -0.2) is 17.6 Å². The van der Waals surface area contributed by atoms with E-state index in [1.54, 1.807) is 36.4 Å². The topological polar surface area (TPSA) is 75.3 Å². The van der Waals surface area contributed by atoms with E-state index in [-0.39, 0.29) is 12.3 Å². The first-order valence-electron chi connectivity index (χ1n) is 8.06. The number of carbonyl (C=O) groups excluding carboxylic acids is 3. The maximum atomic E-state index is 12.8. The van der Waals surface area contributed by atoms with E-state index >= 15 is 0 Å². The summed E-state index contributed by atoms with van der Waals surface area (Å²) in [5, 5.41) is 4.88. The molecule has 0 spiro atoms. The molecule has 0 aliphatic heterocycles. The fraction of sp³-hybridized carbons (Fsp3) is 0.0500. The predicted octanol–water partition coefficient (Wildman–Crippen LogP) is 3.37. The van der Waals surface area contributed by atoms with Crippen molar-refractivity contribution in [2.45, 2.75) is 6.54 Å². The SMILES string of the molecule is O=C(NCc1ccc(C(=O)c2ccccc2)s1)C(=O)Nc1ccc(F)cc1. The molecule has 0 fully saturated rings. The maximum absolute atomic E-state index is 12.8. The second-order valence-electron chi connectivity index (χ2n) is 5.60. The van der Waals surface area contributed by atoms with E-state index in [2.05, 4.69) is 10.6 Å². The first-order chi connectivity index (χ1) is 13.0. The van der Waals surface area contributed by atoms with Crippen LogP contribution in [0.15, 0.2) is 66.7 Å². The highest BCUT2D eigenvalue weighted by Crippen LogP contribution is 2.20. The van der Waals surface area contributed by atoms with E-state index in [1.165, 1.54) is 35.6 Å². The number of thiophene rings is 1. The summed E-state index contributed by atoms with van der Waals surface area (Å²) in [5.41, 5.74) is 0.914. The zero-order valence-electron chi connectivity index (χ0n) is 14.1. The smallest absolute Gasteiger partial charge is 0.313 e. The Kier molecular flexibility index (Phi) is 5.73. The van der Waals surface area contributed by atoms with Crippen molar-refractivity contribution >= 4 is 34.6 Å². The third kappa shape index (κ3) is 4.86. The van der Waals surface area contributed by atoms with Crippen LogP contribution in [0.3, 0.4) is 0 Å². The minimum atomic E-state index is -0.848. The van der Waals surface area contributed by atoms with Crippen molar-refractivity contribution in [3.63, 3.8) is 0 Å². The number of anilines is 1. The van der Waals surface area contributed by atoms with Crippen LogP contribution in [0.1, 0.15) is 20.1 Å². The molecule has 0 unspecified atom stereocenters. The zero-order valence-corrected chi connectivity index (χ0v) is 14.9. The second kappa shape index (κ2) is 8.37. The van der Waals surface area contributed by atoms with Crippen LogP contribution in [0.4, 0.5) is 10.1 Å². The second-order valence-corrected chi connectivity index (χ2v) is 6.77. The number of ketones is 1. The molecule has 5 nitrogen and oxygen atoms in total. The Morgan fingerprint density at radius 3 is 2.26 bits per heavy atom. The molecule has 0 saturated carbocycles. The van der Waals surface area contributed by atoms with Gasteiger partial charge in [-0.3, -0.25) is 14.4 Å². The number of benzene rings is 2. The van der Waals surface area contributed by atoms with E-state index in [9.17, 15) is 18.8 Å². The third-order valence-electron chi connectivity index (χ3n) is 3.65. The highest BCUT2D eigenvalue weighted by molar-refractivity contribution is 7.14. The Morgan fingerprint density at radius 2 is 1.56 bits per heavy atom. The molecule has 2 aromatic carbocycles. The molecule has 136 valence electrons. The van der Waals surface area contributed by atoms with Crippen LogP contribution < -0.4 is 10.6 Å². The molecule has 1 aromatic heterocycles. The Bertz CT molecular complexity index is 968. The van der Waals surface area contributed by atoms with Crippen molar-refractivity contribution in [1.29, 1.82) is 0 Å². The van der Waals surface area contributed by atoms with Crippen molar-refractivity contribution in [3.05, 3.63) is 87.9 Å². The van der Waals surface area contributed by atoms with Crippen molar-refractivity contribution in [3.8, 4) is 0 Å². The first kappa shape index (κ1) is 18.5. The predicted molar refractivity (Wildman–Crippen MR) is 101 cm³/mol. The summed E-state index contributed by atoms with van der Waals surface area (Å²) in [6, 6.07) is 17.4. The van der Waals surface area contributed by atoms with Crippen LogP contribution in [0, 0.1) is 5.82 Å². The molecule has 2 amide bonds. The third-order valence-corrected chi connectivity index (χ3v) is 4.74. The molecule has 0 aliphatic carbocycles. The molecular weight excluding hydrogens is 367 g/mol. The van der Waals surface area contributed by atoms with Crippen molar-refractivity contribution in [2.75, 3.05) is 5.32 Å². The van der Waals surface area contributed by atoms with Gasteiger partial charge in [0.05, 0.1) is 11.4 Å². The van der Waals surface area contributed by atoms with Gasteiger partial charge in [-0.25, -0.2) is 4.39 Å². The molecule has 1 heterocycles. The maximum Gasteiger partial charge on any atom is 0.313 e. The lowest BCUT2D eigenvalue weighted by Gasteiger charge is -2.05. The van der Waals surface area contributed by atoms with Crippen molar-refractivity contribution < 1.29 is 18.8 Å². The van der Waals surface area contributed by atoms with E-state index < -0.39 is 17.6 Å². The minimum absolute atomic E-state index is 0.0905. The van der Waals surface area contributed by atoms with Crippen LogP contribution >= 0.6 is 11.3 Å². The molecule has 0 atom stereocenters. The molecule has 0 radical (unpaired) electrons. The Hall–Kier alpha value is -3.32. The van der Waals surface area contributed by atoms with Crippen LogP contribution in [0.2, 0.25) is 0 Å². The highest BCUT2D eigenvalue weighted by Gasteiger charge is 2.15. The van der Waals surface area contributed by atoms with E-state index in [1.807, 2.05) is 6.07 Å². The Labute approximate surface area is 158 Å². The summed E-state index contributed by atoms with van der Waals surface area (Å²) in [6.07, 6.45) is 0. The molecule has 0 saturated heterocycles. The normalized spacial score (nSPS) is 10.3. The number of halogens is 1. The van der Waals surface area contributed by atoms with Gasteiger partial charge in [-0.2, -0.15) is 0 Å². The molecule has 0 aliphatic rings. The average molecular weight is 382 g/mol. The number of hydrogen-bond acceptors (Lipinski definition) is 4. The Morgan fingerprint density at radius 1 is 0.852 bits per heavy atom. The van der Waals surface area contributed by atoms with E-state index in [0.29, 0.717) is 16.1 Å². The fourth-order valence-corrected chi connectivity index (χ4v) is 3.21. The summed E-state index contributed by atoms with van der Waals surface area (Å²) in [6.45, 7) is 0.127. The summed E-state index contributed by atoms with van der Waals surface area (Å²) in [7, 11) is 0. The average Bonchev–Trinajstić information content (AvgIpc) is 3.17. The van der Waals surface area contributed by atoms with Gasteiger partial charge in [0.25, 0.3) is 0 Å². The van der Waals surface area contributed by atoms with Crippen LogP contribution in [-0.2, 0) is 16.1 Å². The van der Waals surface area contributed by atoms with Crippen molar-refractivity contribution in [1.82, 2.24) is 5.32 Å². The van der Waals surface area contributed by atoms with Gasteiger partial charge >= 0.3 is 11.8 Å². The monoisotopic (exact) mass is 382 g/mol. The molecule has 0 bridgehead atoms. The first-order valence-corrected chi connectivity index (χ1v) is 8.88. The molecule has 7 heteroatoms. The van der Waals surface area contributed by atoms with Crippen LogP contribution in [0.5, 0.6) is 0 Å². The van der Waals surface area contributed by atoms with Crippen LogP contribution in [0.25, 0.3) is 0 Å². The highest BCUT2D eigenvalue weighted by atomic mass is 32.1. The molecule has 27 heavy (non-hydrogen) atoms. The lowest BCUT2D eigenvalue weighted by Crippen LogP contribution is -2.34. The quantitative estimate of drug-likeness (QED) is 0.525. The summed E-state index contributed by atoms with van der Waals surface area (Å²) in [5.74, 6) is -2.19. The lowest BCUT2D eigenvalue weighted by atomic mass is 10.1. The van der Waals surface area contributed by atoms with Gasteiger partial charge in [0.1, 0.15) is 5.82 Å². The molecule has 2 N–H and O–H groups in total. The Balaban J connectivity index is 1.55. The zero-order chi connectivity index (χ0) is 19.2. The number of hydrogen-bond donors (Lipinski definition) is 2. The fourth-order valence-electron chi connectivity index (χ4n) is 2.30. The van der Waals surface area contributed by atoms with Gasteiger partial charge in [-0.1, -0.05) is 30.3 Å². The van der Waals surface area contributed by atoms with Gasteiger partial charge in [-0.15, -0.1) is 11.3 Å².